The van der Waals surface area contributed by atoms with E-state index in [2.05, 4.69) is 53.8 Å². The number of nitrogens with zero attached hydrogens (tertiary/aromatic N) is 3. The van der Waals surface area contributed by atoms with Crippen LogP contribution >= 0.6 is 24.0 Å². The van der Waals surface area contributed by atoms with Gasteiger partial charge in [-0.1, -0.05) is 37.3 Å². The Morgan fingerprint density at radius 1 is 1.25 bits per heavy atom. The van der Waals surface area contributed by atoms with Crippen LogP contribution in [-0.4, -0.2) is 35.4 Å². The molecular formula is C18H28IN5. The van der Waals surface area contributed by atoms with Crippen molar-refractivity contribution in [3.8, 4) is 0 Å². The molecule has 5 nitrogen and oxygen atoms in total. The molecule has 2 N–H and O–H groups in total. The molecule has 1 aromatic heterocycles. The highest BCUT2D eigenvalue weighted by Gasteiger charge is 2.05. The minimum Gasteiger partial charge on any atom is -0.357 e. The molecule has 2 aromatic rings. The van der Waals surface area contributed by atoms with E-state index in [1.54, 1.807) is 0 Å². The monoisotopic (exact) mass is 441 g/mol. The Hall–Kier alpha value is -1.57. The summed E-state index contributed by atoms with van der Waals surface area (Å²) in [4.78, 5) is 4.70. The molecule has 0 radical (unpaired) electrons. The second kappa shape index (κ2) is 11.1. The third-order valence-corrected chi connectivity index (χ3v) is 3.70. The van der Waals surface area contributed by atoms with Gasteiger partial charge in [-0.3, -0.25) is 9.67 Å². The maximum atomic E-state index is 4.70. The van der Waals surface area contributed by atoms with E-state index in [-0.39, 0.29) is 24.0 Å². The summed E-state index contributed by atoms with van der Waals surface area (Å²) in [5, 5.41) is 10.9. The molecule has 0 saturated heterocycles. The van der Waals surface area contributed by atoms with Crippen molar-refractivity contribution in [3.05, 3.63) is 53.9 Å². The van der Waals surface area contributed by atoms with Gasteiger partial charge in [-0.15, -0.1) is 24.0 Å². The maximum Gasteiger partial charge on any atom is 0.191 e. The SMILES string of the molecule is CCNC(=NCC(C)c1ccccc1)NCCc1cnn(C)c1.I. The lowest BCUT2D eigenvalue weighted by Crippen LogP contribution is -2.38. The largest absolute Gasteiger partial charge is 0.357 e. The Bertz CT molecular complexity index is 609. The molecule has 1 unspecified atom stereocenters. The first-order valence-corrected chi connectivity index (χ1v) is 8.23. The maximum absolute atomic E-state index is 4.70. The standard InChI is InChI=1S/C18H27N5.HI/c1-4-19-18(20-11-10-16-13-22-23(3)14-16)21-12-15(2)17-8-6-5-7-9-17;/h5-9,13-15H,4,10-12H2,1-3H3,(H2,19,20,21);1H. The van der Waals surface area contributed by atoms with Crippen LogP contribution in [0.5, 0.6) is 0 Å². The van der Waals surface area contributed by atoms with Crippen LogP contribution in [0.15, 0.2) is 47.7 Å². The zero-order valence-electron chi connectivity index (χ0n) is 14.7. The second-order valence-electron chi connectivity index (χ2n) is 5.73. The van der Waals surface area contributed by atoms with E-state index in [0.29, 0.717) is 5.92 Å². The molecule has 1 heterocycles. The summed E-state index contributed by atoms with van der Waals surface area (Å²) in [6.45, 7) is 6.76. The van der Waals surface area contributed by atoms with Crippen LogP contribution in [0.3, 0.4) is 0 Å². The van der Waals surface area contributed by atoms with E-state index < -0.39 is 0 Å². The minimum atomic E-state index is 0. The van der Waals surface area contributed by atoms with Crippen molar-refractivity contribution in [2.24, 2.45) is 12.0 Å². The fourth-order valence-corrected chi connectivity index (χ4v) is 2.38. The molecule has 24 heavy (non-hydrogen) atoms. The number of halogens is 1. The normalized spacial score (nSPS) is 12.4. The summed E-state index contributed by atoms with van der Waals surface area (Å²) >= 11 is 0. The van der Waals surface area contributed by atoms with E-state index in [1.165, 1.54) is 11.1 Å². The van der Waals surface area contributed by atoms with Crippen molar-refractivity contribution >= 4 is 29.9 Å². The lowest BCUT2D eigenvalue weighted by molar-refractivity contribution is 0.745. The first-order chi connectivity index (χ1) is 11.2. The van der Waals surface area contributed by atoms with E-state index in [1.807, 2.05) is 30.2 Å². The van der Waals surface area contributed by atoms with Gasteiger partial charge in [-0.25, -0.2) is 0 Å². The molecule has 1 aromatic carbocycles. The molecule has 0 amide bonds. The van der Waals surface area contributed by atoms with Crippen molar-refractivity contribution in [1.29, 1.82) is 0 Å². The van der Waals surface area contributed by atoms with E-state index >= 15 is 0 Å². The first kappa shape index (κ1) is 20.5. The molecule has 0 fully saturated rings. The van der Waals surface area contributed by atoms with E-state index in [0.717, 1.165) is 32.0 Å². The zero-order valence-corrected chi connectivity index (χ0v) is 17.0. The average Bonchev–Trinajstić information content (AvgIpc) is 2.98. The van der Waals surface area contributed by atoms with Gasteiger partial charge < -0.3 is 10.6 Å². The summed E-state index contributed by atoms with van der Waals surface area (Å²) in [5.41, 5.74) is 2.55. The number of rotatable bonds is 7. The highest BCUT2D eigenvalue weighted by Crippen LogP contribution is 2.14. The fourth-order valence-electron chi connectivity index (χ4n) is 2.38. The molecule has 0 aliphatic rings. The Balaban J connectivity index is 0.00000288. The molecule has 0 saturated carbocycles. The smallest absolute Gasteiger partial charge is 0.191 e. The van der Waals surface area contributed by atoms with Crippen LogP contribution in [-0.2, 0) is 13.5 Å². The van der Waals surface area contributed by atoms with Crippen LogP contribution in [0.2, 0.25) is 0 Å². The van der Waals surface area contributed by atoms with Gasteiger partial charge in [0.1, 0.15) is 0 Å². The summed E-state index contributed by atoms with van der Waals surface area (Å²) in [6, 6.07) is 10.5. The van der Waals surface area contributed by atoms with Crippen LogP contribution in [0, 0.1) is 0 Å². The third kappa shape index (κ3) is 6.90. The summed E-state index contributed by atoms with van der Waals surface area (Å²) in [6.07, 6.45) is 4.89. The number of nitrogens with one attached hydrogen (secondary N) is 2. The zero-order chi connectivity index (χ0) is 16.5. The van der Waals surface area contributed by atoms with Crippen LogP contribution in [0.1, 0.15) is 30.9 Å². The second-order valence-corrected chi connectivity index (χ2v) is 5.73. The van der Waals surface area contributed by atoms with Gasteiger partial charge >= 0.3 is 0 Å². The van der Waals surface area contributed by atoms with Gasteiger partial charge in [-0.2, -0.15) is 5.10 Å². The number of hydrogen-bond donors (Lipinski definition) is 2. The lowest BCUT2D eigenvalue weighted by atomic mass is 10.0. The quantitative estimate of drug-likeness (QED) is 0.395. The van der Waals surface area contributed by atoms with Crippen LogP contribution in [0.25, 0.3) is 0 Å². The molecule has 0 aliphatic heterocycles. The highest BCUT2D eigenvalue weighted by atomic mass is 127. The lowest BCUT2D eigenvalue weighted by Gasteiger charge is -2.13. The number of benzene rings is 1. The Labute approximate surface area is 162 Å². The molecule has 1 atom stereocenters. The van der Waals surface area contributed by atoms with Crippen molar-refractivity contribution < 1.29 is 0 Å². The molecule has 132 valence electrons. The molecule has 6 heteroatoms. The van der Waals surface area contributed by atoms with E-state index in [9.17, 15) is 0 Å². The molecule has 0 aliphatic carbocycles. The average molecular weight is 441 g/mol. The Morgan fingerprint density at radius 3 is 2.62 bits per heavy atom. The molecular weight excluding hydrogens is 413 g/mol. The Morgan fingerprint density at radius 2 is 2.00 bits per heavy atom. The summed E-state index contributed by atoms with van der Waals surface area (Å²) in [7, 11) is 1.94. The van der Waals surface area contributed by atoms with Gasteiger partial charge in [0.05, 0.1) is 6.20 Å². The Kier molecular flexibility index (Phi) is 9.44. The fraction of sp³-hybridized carbons (Fsp3) is 0.444. The van der Waals surface area contributed by atoms with Gasteiger partial charge in [-0.05, 0) is 24.5 Å². The summed E-state index contributed by atoms with van der Waals surface area (Å²) < 4.78 is 1.83. The topological polar surface area (TPSA) is 54.2 Å². The number of hydrogen-bond acceptors (Lipinski definition) is 2. The van der Waals surface area contributed by atoms with Crippen molar-refractivity contribution in [1.82, 2.24) is 20.4 Å². The van der Waals surface area contributed by atoms with Crippen LogP contribution in [0.4, 0.5) is 0 Å². The van der Waals surface area contributed by atoms with Gasteiger partial charge in [0.15, 0.2) is 5.96 Å². The molecule has 0 spiro atoms. The number of aryl methyl sites for hydroxylation is 1. The molecule has 2 rings (SSSR count). The number of aliphatic imine (C=N–C) groups is 1. The van der Waals surface area contributed by atoms with Crippen molar-refractivity contribution in [2.75, 3.05) is 19.6 Å². The van der Waals surface area contributed by atoms with Crippen molar-refractivity contribution in [3.63, 3.8) is 0 Å². The minimum absolute atomic E-state index is 0. The summed E-state index contributed by atoms with van der Waals surface area (Å²) in [5.74, 6) is 1.28. The third-order valence-electron chi connectivity index (χ3n) is 3.70. The van der Waals surface area contributed by atoms with Gasteiger partial charge in [0, 0.05) is 38.8 Å². The number of guanidine groups is 1. The van der Waals surface area contributed by atoms with Crippen molar-refractivity contribution in [2.45, 2.75) is 26.2 Å². The van der Waals surface area contributed by atoms with Gasteiger partial charge in [0.25, 0.3) is 0 Å². The van der Waals surface area contributed by atoms with Gasteiger partial charge in [0.2, 0.25) is 0 Å². The van der Waals surface area contributed by atoms with E-state index in [4.69, 9.17) is 4.99 Å². The van der Waals surface area contributed by atoms with Crippen LogP contribution < -0.4 is 10.6 Å². The predicted octanol–water partition coefficient (Wildman–Crippen LogP) is 2.94. The first-order valence-electron chi connectivity index (χ1n) is 8.23. The highest BCUT2D eigenvalue weighted by molar-refractivity contribution is 14.0. The number of aromatic nitrogens is 2. The molecule has 0 bridgehead atoms. The predicted molar refractivity (Wildman–Crippen MR) is 111 cm³/mol.